The molecule has 12 heteroatoms. The Labute approximate surface area is 201 Å². The molecule has 0 aliphatic carbocycles. The van der Waals surface area contributed by atoms with E-state index in [1.807, 2.05) is 30.3 Å². The van der Waals surface area contributed by atoms with Crippen LogP contribution in [0.1, 0.15) is 29.8 Å². The van der Waals surface area contributed by atoms with Crippen LogP contribution in [-0.4, -0.2) is 46.6 Å². The summed E-state index contributed by atoms with van der Waals surface area (Å²) in [6.45, 7) is 1.99. The largest absolute Gasteiger partial charge is 0.491 e. The number of alkyl halides is 3. The molecule has 0 atom stereocenters. The van der Waals surface area contributed by atoms with E-state index in [0.717, 1.165) is 54.5 Å². The van der Waals surface area contributed by atoms with Gasteiger partial charge in [-0.25, -0.2) is 9.59 Å². The zero-order valence-corrected chi connectivity index (χ0v) is 19.1. The average molecular weight is 511 g/mol. The molecular formula is C22H18ClF3N4O3S. The highest BCUT2D eigenvalue weighted by Gasteiger charge is 2.43. The first-order valence-corrected chi connectivity index (χ1v) is 11.5. The molecule has 4 rings (SSSR count). The van der Waals surface area contributed by atoms with Crippen LogP contribution < -0.4 is 4.90 Å². The zero-order valence-electron chi connectivity index (χ0n) is 17.6. The van der Waals surface area contributed by atoms with E-state index in [1.165, 1.54) is 6.42 Å². The zero-order chi connectivity index (χ0) is 24.3. The van der Waals surface area contributed by atoms with E-state index < -0.39 is 23.8 Å². The smallest absolute Gasteiger partial charge is 0.381 e. The maximum atomic E-state index is 12.3. The number of nitrogens with zero attached hydrogens (tertiary/aromatic N) is 3. The van der Waals surface area contributed by atoms with Gasteiger partial charge in [-0.05, 0) is 54.7 Å². The van der Waals surface area contributed by atoms with Crippen molar-refractivity contribution < 1.29 is 27.5 Å². The molecule has 3 aromatic rings. The van der Waals surface area contributed by atoms with Gasteiger partial charge >= 0.3 is 18.1 Å². The minimum atomic E-state index is -5.29. The number of ether oxygens (including phenoxy) is 1. The topological polar surface area (TPSA) is 88.2 Å². The van der Waals surface area contributed by atoms with Crippen molar-refractivity contribution in [2.24, 2.45) is 0 Å². The number of benzene rings is 2. The minimum Gasteiger partial charge on any atom is -0.381 e. The van der Waals surface area contributed by atoms with Gasteiger partial charge in [-0.1, -0.05) is 41.6 Å². The van der Waals surface area contributed by atoms with Crippen LogP contribution in [0.5, 0.6) is 0 Å². The van der Waals surface area contributed by atoms with E-state index in [4.69, 9.17) is 11.6 Å². The van der Waals surface area contributed by atoms with E-state index >= 15 is 0 Å². The number of hydrogen-bond donors (Lipinski definition) is 1. The number of rotatable bonds is 5. The number of carbonyl (C=O) groups is 2. The number of nitrogens with one attached hydrogen (secondary N) is 1. The van der Waals surface area contributed by atoms with Crippen molar-refractivity contribution in [3.63, 3.8) is 0 Å². The van der Waals surface area contributed by atoms with E-state index in [-0.39, 0.29) is 5.03 Å². The number of hydrogen-bond acceptors (Lipinski definition) is 7. The van der Waals surface area contributed by atoms with Gasteiger partial charge in [0, 0.05) is 18.0 Å². The van der Waals surface area contributed by atoms with Crippen molar-refractivity contribution in [3.05, 3.63) is 53.2 Å². The van der Waals surface area contributed by atoms with Crippen molar-refractivity contribution in [1.29, 1.82) is 0 Å². The molecule has 7 nitrogen and oxygen atoms in total. The lowest BCUT2D eigenvalue weighted by molar-refractivity contribution is -0.193. The molecule has 1 fully saturated rings. The van der Waals surface area contributed by atoms with Gasteiger partial charge in [0.15, 0.2) is 5.03 Å². The van der Waals surface area contributed by atoms with Gasteiger partial charge in [0.1, 0.15) is 0 Å². The first kappa shape index (κ1) is 24.1. The normalized spacial score (nSPS) is 14.2. The minimum absolute atomic E-state index is 0.0262. The van der Waals surface area contributed by atoms with Gasteiger partial charge in [0.25, 0.3) is 0 Å². The second-order valence-corrected chi connectivity index (χ2v) is 8.96. The molecule has 0 unspecified atom stereocenters. The Morgan fingerprint density at radius 2 is 1.68 bits per heavy atom. The summed E-state index contributed by atoms with van der Waals surface area (Å²) in [6.07, 6.45) is -1.75. The van der Waals surface area contributed by atoms with E-state index in [9.17, 15) is 22.8 Å². The van der Waals surface area contributed by atoms with Crippen molar-refractivity contribution in [2.75, 3.05) is 18.0 Å². The first-order valence-electron chi connectivity index (χ1n) is 10.3. The van der Waals surface area contributed by atoms with Crippen LogP contribution in [0.25, 0.3) is 11.1 Å². The van der Waals surface area contributed by atoms with Crippen LogP contribution in [0.15, 0.2) is 52.4 Å². The Hall–Kier alpha value is -3.05. The number of carbonyl (C=O) groups excluding carboxylic acids is 2. The number of H-pyrrole nitrogens is 1. The first-order chi connectivity index (χ1) is 16.2. The predicted octanol–water partition coefficient (Wildman–Crippen LogP) is 5.51. The maximum Gasteiger partial charge on any atom is 0.491 e. The summed E-state index contributed by atoms with van der Waals surface area (Å²) in [6, 6.07) is 13.1. The fraction of sp³-hybridized carbons (Fsp3) is 0.273. The Morgan fingerprint density at radius 1 is 1.00 bits per heavy atom. The number of halogens is 4. The average Bonchev–Trinajstić information content (AvgIpc) is 3.27. The summed E-state index contributed by atoms with van der Waals surface area (Å²) in [4.78, 5) is 25.7. The van der Waals surface area contributed by atoms with Crippen LogP contribution in [0.3, 0.4) is 0 Å². The molecule has 0 bridgehead atoms. The molecule has 1 aliphatic heterocycles. The number of aromatic nitrogens is 3. The van der Waals surface area contributed by atoms with Crippen molar-refractivity contribution in [3.8, 4) is 11.1 Å². The molecular weight excluding hydrogens is 493 g/mol. The fourth-order valence-electron chi connectivity index (χ4n) is 3.52. The lowest BCUT2D eigenvalue weighted by Crippen LogP contribution is -2.29. The molecule has 1 N–H and O–H groups in total. The van der Waals surface area contributed by atoms with Crippen molar-refractivity contribution in [1.82, 2.24) is 15.4 Å². The molecule has 0 spiro atoms. The summed E-state index contributed by atoms with van der Waals surface area (Å²) in [5, 5.41) is 10.1. The number of aromatic amines is 1. The lowest BCUT2D eigenvalue weighted by atomic mass is 10.0. The molecule has 1 saturated heterocycles. The van der Waals surface area contributed by atoms with Gasteiger partial charge < -0.3 is 9.64 Å². The monoisotopic (exact) mass is 510 g/mol. The van der Waals surface area contributed by atoms with Gasteiger partial charge in [0.05, 0.1) is 10.7 Å². The lowest BCUT2D eigenvalue weighted by Gasteiger charge is -2.29. The van der Waals surface area contributed by atoms with Crippen molar-refractivity contribution >= 4 is 41.0 Å². The molecule has 34 heavy (non-hydrogen) atoms. The van der Waals surface area contributed by atoms with Crippen LogP contribution in [0, 0.1) is 0 Å². The van der Waals surface area contributed by atoms with Crippen LogP contribution in [0.2, 0.25) is 5.02 Å². The quantitative estimate of drug-likeness (QED) is 0.357. The second-order valence-electron chi connectivity index (χ2n) is 7.49. The molecule has 1 aromatic heterocycles. The Balaban J connectivity index is 1.45. The molecule has 0 amide bonds. The third-order valence-electron chi connectivity index (χ3n) is 5.17. The number of piperidine rings is 1. The standard InChI is InChI=1S/C22H18ClF3N4O3S/c23-16-12-14(6-9-17(16)30-10-2-1-3-11-30)13-4-7-15(8-5-13)34-19-18(27-29-28-19)20(31)33-21(32)22(24,25)26/h4-9,12H,1-3,10-11H2,(H,27,28,29). The molecule has 2 heterocycles. The number of anilines is 1. The van der Waals surface area contributed by atoms with E-state index in [1.54, 1.807) is 12.1 Å². The molecule has 0 saturated carbocycles. The van der Waals surface area contributed by atoms with Crippen LogP contribution >= 0.6 is 23.4 Å². The second kappa shape index (κ2) is 10.1. The summed E-state index contributed by atoms with van der Waals surface area (Å²) < 4.78 is 40.8. The fourth-order valence-corrected chi connectivity index (χ4v) is 4.63. The van der Waals surface area contributed by atoms with Gasteiger partial charge in [-0.2, -0.15) is 18.4 Å². The van der Waals surface area contributed by atoms with Gasteiger partial charge in [0.2, 0.25) is 5.69 Å². The molecule has 2 aromatic carbocycles. The predicted molar refractivity (Wildman–Crippen MR) is 120 cm³/mol. The Kier molecular flexibility index (Phi) is 7.13. The molecule has 0 radical (unpaired) electrons. The van der Waals surface area contributed by atoms with Crippen LogP contribution in [0.4, 0.5) is 18.9 Å². The van der Waals surface area contributed by atoms with Gasteiger partial charge in [-0.3, -0.25) is 0 Å². The van der Waals surface area contributed by atoms with Crippen molar-refractivity contribution in [2.45, 2.75) is 35.4 Å². The Bertz CT molecular complexity index is 1190. The highest BCUT2D eigenvalue weighted by atomic mass is 35.5. The summed E-state index contributed by atoms with van der Waals surface area (Å²) in [7, 11) is 0. The summed E-state index contributed by atoms with van der Waals surface area (Å²) in [5.41, 5.74) is 2.34. The van der Waals surface area contributed by atoms with Crippen LogP contribution in [-0.2, 0) is 9.53 Å². The van der Waals surface area contributed by atoms with E-state index in [2.05, 4.69) is 25.0 Å². The molecule has 1 aliphatic rings. The van der Waals surface area contributed by atoms with Gasteiger partial charge in [-0.15, -0.1) is 10.2 Å². The SMILES string of the molecule is O=C(OC(=O)C(F)(F)F)c1n[nH]nc1Sc1ccc(-c2ccc(N3CCCCC3)c(Cl)c2)cc1. The maximum absolute atomic E-state index is 12.3. The summed E-state index contributed by atoms with van der Waals surface area (Å²) >= 11 is 7.53. The summed E-state index contributed by atoms with van der Waals surface area (Å²) in [5.74, 6) is -4.16. The highest BCUT2D eigenvalue weighted by molar-refractivity contribution is 7.99. The third kappa shape index (κ3) is 5.53. The third-order valence-corrected chi connectivity index (χ3v) is 6.46. The number of esters is 2. The Morgan fingerprint density at radius 3 is 2.32 bits per heavy atom. The molecule has 178 valence electrons. The highest BCUT2D eigenvalue weighted by Crippen LogP contribution is 2.34. The van der Waals surface area contributed by atoms with E-state index in [0.29, 0.717) is 9.92 Å².